The third-order valence-corrected chi connectivity index (χ3v) is 5.78. The zero-order valence-electron chi connectivity index (χ0n) is 18.5. The van der Waals surface area contributed by atoms with Gasteiger partial charge in [0.25, 0.3) is 5.91 Å². The molecule has 8 nitrogen and oxygen atoms in total. The lowest BCUT2D eigenvalue weighted by Gasteiger charge is -2.28. The summed E-state index contributed by atoms with van der Waals surface area (Å²) in [4.78, 5) is 31.9. The van der Waals surface area contributed by atoms with Crippen molar-refractivity contribution in [3.05, 3.63) is 53.6 Å². The molecule has 1 amide bonds. The van der Waals surface area contributed by atoms with E-state index in [1.54, 1.807) is 19.1 Å². The van der Waals surface area contributed by atoms with Crippen molar-refractivity contribution in [3.63, 3.8) is 0 Å². The highest BCUT2D eigenvalue weighted by Crippen LogP contribution is 2.38. The third kappa shape index (κ3) is 4.39. The van der Waals surface area contributed by atoms with Gasteiger partial charge in [-0.15, -0.1) is 0 Å². The molecule has 0 spiro atoms. The Morgan fingerprint density at radius 2 is 1.84 bits per heavy atom. The van der Waals surface area contributed by atoms with Gasteiger partial charge in [0.15, 0.2) is 6.10 Å². The summed E-state index contributed by atoms with van der Waals surface area (Å²) in [6.07, 6.45) is -0.472. The Labute approximate surface area is 187 Å². The molecular weight excluding hydrogens is 410 g/mol. The van der Waals surface area contributed by atoms with Gasteiger partial charge in [-0.1, -0.05) is 12.1 Å². The van der Waals surface area contributed by atoms with Crippen molar-refractivity contribution in [1.29, 1.82) is 0 Å². The number of carbonyl (C=O) groups excluding carboxylic acids is 2. The van der Waals surface area contributed by atoms with Crippen molar-refractivity contribution in [1.82, 2.24) is 5.32 Å². The van der Waals surface area contributed by atoms with Gasteiger partial charge in [0.05, 0.1) is 27.3 Å². The topological polar surface area (TPSA) is 89.5 Å². The van der Waals surface area contributed by atoms with Crippen LogP contribution in [0.3, 0.4) is 0 Å². The zero-order valence-corrected chi connectivity index (χ0v) is 18.5. The van der Waals surface area contributed by atoms with Crippen LogP contribution in [0.4, 0.5) is 5.69 Å². The van der Waals surface area contributed by atoms with E-state index in [0.29, 0.717) is 24.5 Å². The zero-order chi connectivity index (χ0) is 22.7. The van der Waals surface area contributed by atoms with Gasteiger partial charge in [-0.25, -0.2) is 0 Å². The van der Waals surface area contributed by atoms with E-state index in [9.17, 15) is 9.59 Å². The molecule has 0 aromatic heterocycles. The van der Waals surface area contributed by atoms with Gasteiger partial charge in [0, 0.05) is 25.1 Å². The lowest BCUT2D eigenvalue weighted by Crippen LogP contribution is -2.46. The Kier molecular flexibility index (Phi) is 6.30. The molecule has 2 heterocycles. The fourth-order valence-corrected chi connectivity index (χ4v) is 4.22. The second-order valence-corrected chi connectivity index (χ2v) is 7.79. The van der Waals surface area contributed by atoms with Crippen LogP contribution >= 0.6 is 0 Å². The van der Waals surface area contributed by atoms with Crippen LogP contribution in [0.25, 0.3) is 0 Å². The minimum absolute atomic E-state index is 0.277. The van der Waals surface area contributed by atoms with Crippen LogP contribution < -0.4 is 19.7 Å². The Morgan fingerprint density at radius 1 is 1.12 bits per heavy atom. The van der Waals surface area contributed by atoms with Gasteiger partial charge < -0.3 is 24.4 Å². The molecule has 8 heteroatoms. The van der Waals surface area contributed by atoms with Crippen molar-refractivity contribution >= 4 is 23.4 Å². The van der Waals surface area contributed by atoms with E-state index in [1.165, 1.54) is 6.92 Å². The average molecular weight is 437 g/mol. The predicted molar refractivity (Wildman–Crippen MR) is 121 cm³/mol. The Bertz CT molecular complexity index is 1030. The van der Waals surface area contributed by atoms with Gasteiger partial charge in [0.1, 0.15) is 17.3 Å². The van der Waals surface area contributed by atoms with Crippen molar-refractivity contribution in [2.45, 2.75) is 25.4 Å². The lowest BCUT2D eigenvalue weighted by molar-refractivity contribution is -0.154. The SMILES string of the molecule is COc1ccc(C2Cc3cc(OC)ccc3N(CC3=NCCN3)C(=O)[C@@H]2OC(C)=O)cc1. The minimum Gasteiger partial charge on any atom is -0.497 e. The summed E-state index contributed by atoms with van der Waals surface area (Å²) in [5.41, 5.74) is 2.59. The molecule has 2 aliphatic heterocycles. The summed E-state index contributed by atoms with van der Waals surface area (Å²) >= 11 is 0. The van der Waals surface area contributed by atoms with Gasteiger partial charge in [-0.3, -0.25) is 14.6 Å². The first-order chi connectivity index (χ1) is 15.5. The Hall–Kier alpha value is -3.55. The number of carbonyl (C=O) groups is 2. The number of hydrogen-bond acceptors (Lipinski definition) is 7. The van der Waals surface area contributed by atoms with Gasteiger partial charge >= 0.3 is 5.97 Å². The highest BCUT2D eigenvalue weighted by Gasteiger charge is 2.40. The monoisotopic (exact) mass is 437 g/mol. The molecule has 2 atom stereocenters. The predicted octanol–water partition coefficient (Wildman–Crippen LogP) is 2.31. The van der Waals surface area contributed by atoms with Crippen molar-refractivity contribution in [2.75, 3.05) is 38.8 Å². The number of nitrogens with zero attached hydrogens (tertiary/aromatic N) is 2. The molecule has 4 rings (SSSR count). The van der Waals surface area contributed by atoms with E-state index in [-0.39, 0.29) is 18.4 Å². The molecule has 0 saturated heterocycles. The maximum Gasteiger partial charge on any atom is 0.303 e. The number of anilines is 1. The first kappa shape index (κ1) is 21.7. The molecule has 2 aromatic carbocycles. The lowest BCUT2D eigenvalue weighted by atomic mass is 9.87. The molecule has 0 radical (unpaired) electrons. The average Bonchev–Trinajstić information content (AvgIpc) is 3.29. The third-order valence-electron chi connectivity index (χ3n) is 5.78. The maximum absolute atomic E-state index is 13.8. The molecule has 0 aliphatic carbocycles. The Morgan fingerprint density at radius 3 is 2.47 bits per heavy atom. The first-order valence-electron chi connectivity index (χ1n) is 10.6. The molecular formula is C24H27N3O5. The number of methoxy groups -OCH3 is 2. The van der Waals surface area contributed by atoms with Crippen molar-refractivity contribution < 1.29 is 23.8 Å². The normalized spacial score (nSPS) is 20.0. The summed E-state index contributed by atoms with van der Waals surface area (Å²) in [5.74, 6) is 1.01. The molecule has 32 heavy (non-hydrogen) atoms. The molecule has 2 aliphatic rings. The van der Waals surface area contributed by atoms with E-state index in [0.717, 1.165) is 29.2 Å². The fraction of sp³-hybridized carbons (Fsp3) is 0.375. The van der Waals surface area contributed by atoms with Crippen LogP contribution in [0.1, 0.15) is 24.0 Å². The molecule has 0 fully saturated rings. The highest BCUT2D eigenvalue weighted by atomic mass is 16.5. The van der Waals surface area contributed by atoms with E-state index < -0.39 is 12.1 Å². The number of amides is 1. The summed E-state index contributed by atoms with van der Waals surface area (Å²) in [5, 5.41) is 3.22. The summed E-state index contributed by atoms with van der Waals surface area (Å²) in [6.45, 7) is 3.03. The van der Waals surface area contributed by atoms with E-state index in [2.05, 4.69) is 10.3 Å². The highest BCUT2D eigenvalue weighted by molar-refractivity contribution is 6.04. The van der Waals surface area contributed by atoms with E-state index in [4.69, 9.17) is 14.2 Å². The van der Waals surface area contributed by atoms with Crippen LogP contribution in [0.15, 0.2) is 47.5 Å². The molecule has 0 saturated carbocycles. The van der Waals surface area contributed by atoms with Gasteiger partial charge in [-0.05, 0) is 47.9 Å². The number of hydrogen-bond donors (Lipinski definition) is 1. The standard InChI is InChI=1S/C24H27N3O5/c1-15(28)32-23-20(16-4-6-18(30-2)7-5-16)13-17-12-19(31-3)8-9-21(17)27(24(23)29)14-22-25-10-11-26-22/h4-9,12,20,23H,10-11,13-14H2,1-3H3,(H,25,26)/t20?,23-/m1/s1. The van der Waals surface area contributed by atoms with Gasteiger partial charge in [0.2, 0.25) is 0 Å². The van der Waals surface area contributed by atoms with E-state index in [1.807, 2.05) is 42.5 Å². The maximum atomic E-state index is 13.8. The number of benzene rings is 2. The largest absolute Gasteiger partial charge is 0.497 e. The number of amidine groups is 1. The molecule has 1 unspecified atom stereocenters. The van der Waals surface area contributed by atoms with Crippen LogP contribution in [-0.2, 0) is 20.7 Å². The quantitative estimate of drug-likeness (QED) is 0.698. The molecule has 0 bridgehead atoms. The van der Waals surface area contributed by atoms with Gasteiger partial charge in [-0.2, -0.15) is 0 Å². The first-order valence-corrected chi connectivity index (χ1v) is 10.6. The van der Waals surface area contributed by atoms with Crippen molar-refractivity contribution in [3.8, 4) is 11.5 Å². The second-order valence-electron chi connectivity index (χ2n) is 7.79. The number of nitrogens with one attached hydrogen (secondary N) is 1. The van der Waals surface area contributed by atoms with Crippen molar-refractivity contribution in [2.24, 2.45) is 4.99 Å². The molecule has 1 N–H and O–H groups in total. The summed E-state index contributed by atoms with van der Waals surface area (Å²) in [6, 6.07) is 13.2. The minimum atomic E-state index is -0.971. The number of fused-ring (bicyclic) bond motifs is 1. The summed E-state index contributed by atoms with van der Waals surface area (Å²) < 4.78 is 16.3. The van der Waals surface area contributed by atoms with Crippen LogP contribution in [0, 0.1) is 0 Å². The van der Waals surface area contributed by atoms with E-state index >= 15 is 0 Å². The number of ether oxygens (including phenoxy) is 3. The van der Waals surface area contributed by atoms with Crippen LogP contribution in [0.2, 0.25) is 0 Å². The van der Waals surface area contributed by atoms with Crippen LogP contribution in [0.5, 0.6) is 11.5 Å². The number of rotatable bonds is 6. The Balaban J connectivity index is 1.81. The molecule has 168 valence electrons. The summed E-state index contributed by atoms with van der Waals surface area (Å²) in [7, 11) is 3.22. The molecule has 2 aromatic rings. The van der Waals surface area contributed by atoms with Crippen LogP contribution in [-0.4, -0.2) is 57.7 Å². The number of aliphatic imine (C=N–C) groups is 1. The smallest absolute Gasteiger partial charge is 0.303 e. The number of esters is 1. The fourth-order valence-electron chi connectivity index (χ4n) is 4.22. The second kappa shape index (κ2) is 9.30.